The van der Waals surface area contributed by atoms with Crippen molar-refractivity contribution >= 4 is 17.5 Å². The Hall–Kier alpha value is -0.870. The Balaban J connectivity index is 1.86. The Kier molecular flexibility index (Phi) is 4.57. The van der Waals surface area contributed by atoms with Gasteiger partial charge in [-0.2, -0.15) is 0 Å². The van der Waals surface area contributed by atoms with Crippen molar-refractivity contribution < 1.29 is 4.74 Å². The second-order valence-electron chi connectivity index (χ2n) is 4.24. The van der Waals surface area contributed by atoms with Gasteiger partial charge >= 0.3 is 0 Å². The highest BCUT2D eigenvalue weighted by atomic mass is 35.5. The first-order chi connectivity index (χ1) is 8.29. The van der Waals surface area contributed by atoms with Crippen LogP contribution in [0.3, 0.4) is 0 Å². The normalized spacial score (nSPS) is 17.4. The highest BCUT2D eigenvalue weighted by Gasteiger charge is 2.21. The second-order valence-corrected chi connectivity index (χ2v) is 4.62. The fourth-order valence-corrected chi connectivity index (χ4v) is 2.11. The lowest BCUT2D eigenvalue weighted by Gasteiger charge is -2.31. The van der Waals surface area contributed by atoms with Crippen LogP contribution < -0.4 is 4.90 Å². The summed E-state index contributed by atoms with van der Waals surface area (Å²) in [7, 11) is 0. The molecular weight excluding hydrogens is 238 g/mol. The molecule has 0 aromatic carbocycles. The van der Waals surface area contributed by atoms with Crippen molar-refractivity contribution in [3.8, 4) is 0 Å². The van der Waals surface area contributed by atoms with Gasteiger partial charge in [0.2, 0.25) is 5.95 Å². The van der Waals surface area contributed by atoms with E-state index in [1.54, 1.807) is 0 Å². The topological polar surface area (TPSA) is 38.2 Å². The summed E-state index contributed by atoms with van der Waals surface area (Å²) in [5.74, 6) is 1.40. The molecule has 0 radical (unpaired) electrons. The number of rotatable bonds is 4. The summed E-state index contributed by atoms with van der Waals surface area (Å²) in [6.07, 6.45) is 4.20. The van der Waals surface area contributed by atoms with E-state index >= 15 is 0 Å². The molecule has 4 nitrogen and oxygen atoms in total. The second kappa shape index (κ2) is 6.17. The van der Waals surface area contributed by atoms with Crippen LogP contribution in [-0.2, 0) is 4.74 Å². The number of alkyl halides is 1. The quantitative estimate of drug-likeness (QED) is 0.772. The number of aromatic nitrogens is 2. The summed E-state index contributed by atoms with van der Waals surface area (Å²) < 4.78 is 5.64. The number of piperidine rings is 1. The van der Waals surface area contributed by atoms with Crippen LogP contribution in [0.5, 0.6) is 0 Å². The fraction of sp³-hybridized carbons (Fsp3) is 0.667. The summed E-state index contributed by atoms with van der Waals surface area (Å²) in [4.78, 5) is 11.0. The molecule has 1 fully saturated rings. The van der Waals surface area contributed by atoms with Gasteiger partial charge in [-0.3, -0.25) is 0 Å². The Morgan fingerprint density at radius 1 is 1.47 bits per heavy atom. The van der Waals surface area contributed by atoms with E-state index in [2.05, 4.69) is 14.9 Å². The van der Waals surface area contributed by atoms with Gasteiger partial charge in [-0.05, 0) is 25.8 Å². The Morgan fingerprint density at radius 3 is 2.88 bits per heavy atom. The highest BCUT2D eigenvalue weighted by Crippen LogP contribution is 2.18. The van der Waals surface area contributed by atoms with Crippen LogP contribution in [0.25, 0.3) is 0 Å². The summed E-state index contributed by atoms with van der Waals surface area (Å²) in [6.45, 7) is 4.54. The first-order valence-corrected chi connectivity index (χ1v) is 6.55. The summed E-state index contributed by atoms with van der Waals surface area (Å²) >= 11 is 5.61. The number of halogens is 1. The average Bonchev–Trinajstić information content (AvgIpc) is 2.37. The van der Waals surface area contributed by atoms with Gasteiger partial charge in [0.25, 0.3) is 0 Å². The minimum Gasteiger partial charge on any atom is -0.377 e. The van der Waals surface area contributed by atoms with Gasteiger partial charge in [0.15, 0.2) is 0 Å². The summed E-state index contributed by atoms with van der Waals surface area (Å²) in [5.41, 5.74) is 1.01. The monoisotopic (exact) mass is 255 g/mol. The smallest absolute Gasteiger partial charge is 0.225 e. The highest BCUT2D eigenvalue weighted by molar-refractivity contribution is 6.17. The number of hydrogen-bond donors (Lipinski definition) is 0. The molecule has 0 N–H and O–H groups in total. The van der Waals surface area contributed by atoms with Gasteiger partial charge in [0.05, 0.1) is 12.7 Å². The zero-order valence-corrected chi connectivity index (χ0v) is 10.9. The van der Waals surface area contributed by atoms with Gasteiger partial charge in [-0.25, -0.2) is 9.97 Å². The number of nitrogens with zero attached hydrogens (tertiary/aromatic N) is 3. The molecule has 0 bridgehead atoms. The van der Waals surface area contributed by atoms with E-state index in [0.29, 0.717) is 18.6 Å². The predicted molar refractivity (Wildman–Crippen MR) is 68.7 cm³/mol. The van der Waals surface area contributed by atoms with E-state index in [4.69, 9.17) is 16.3 Å². The van der Waals surface area contributed by atoms with E-state index in [0.717, 1.165) is 37.6 Å². The maximum Gasteiger partial charge on any atom is 0.225 e. The van der Waals surface area contributed by atoms with E-state index in [-0.39, 0.29) is 0 Å². The Labute approximate surface area is 107 Å². The number of ether oxygens (including phenoxy) is 1. The number of aryl methyl sites for hydroxylation is 1. The largest absolute Gasteiger partial charge is 0.377 e. The van der Waals surface area contributed by atoms with E-state index < -0.39 is 0 Å². The maximum atomic E-state index is 5.64. The molecule has 1 saturated heterocycles. The van der Waals surface area contributed by atoms with Crippen molar-refractivity contribution in [1.82, 2.24) is 9.97 Å². The van der Waals surface area contributed by atoms with Crippen molar-refractivity contribution in [1.29, 1.82) is 0 Å². The van der Waals surface area contributed by atoms with E-state index in [1.165, 1.54) is 0 Å². The minimum absolute atomic E-state index is 0.342. The maximum absolute atomic E-state index is 5.64. The van der Waals surface area contributed by atoms with Gasteiger partial charge in [0.1, 0.15) is 0 Å². The lowest BCUT2D eigenvalue weighted by atomic mass is 10.1. The lowest BCUT2D eigenvalue weighted by Crippen LogP contribution is -2.38. The first-order valence-electron chi connectivity index (χ1n) is 6.02. The van der Waals surface area contributed by atoms with Crippen molar-refractivity contribution in [3.63, 3.8) is 0 Å². The van der Waals surface area contributed by atoms with Crippen LogP contribution in [0.1, 0.15) is 18.5 Å². The van der Waals surface area contributed by atoms with Crippen LogP contribution >= 0.6 is 11.6 Å². The van der Waals surface area contributed by atoms with Gasteiger partial charge in [-0.1, -0.05) is 0 Å². The molecule has 0 saturated carbocycles. The van der Waals surface area contributed by atoms with Crippen LogP contribution in [0.4, 0.5) is 5.95 Å². The van der Waals surface area contributed by atoms with E-state index in [1.807, 2.05) is 19.2 Å². The first kappa shape index (κ1) is 12.6. The van der Waals surface area contributed by atoms with Crippen molar-refractivity contribution in [3.05, 3.63) is 18.0 Å². The molecule has 1 aromatic heterocycles. The molecule has 1 aromatic rings. The van der Waals surface area contributed by atoms with Crippen molar-refractivity contribution in [2.24, 2.45) is 0 Å². The van der Waals surface area contributed by atoms with Crippen LogP contribution in [-0.4, -0.2) is 41.6 Å². The fourth-order valence-electron chi connectivity index (χ4n) is 2.02. The number of anilines is 1. The molecule has 1 aliphatic rings. The minimum atomic E-state index is 0.342. The Morgan fingerprint density at radius 2 is 2.24 bits per heavy atom. The third-order valence-electron chi connectivity index (χ3n) is 2.94. The molecule has 5 heteroatoms. The van der Waals surface area contributed by atoms with Crippen LogP contribution in [0.15, 0.2) is 12.3 Å². The molecule has 0 amide bonds. The molecule has 0 atom stereocenters. The molecule has 94 valence electrons. The molecule has 0 aliphatic carbocycles. The zero-order chi connectivity index (χ0) is 12.1. The SMILES string of the molecule is Cc1ccnc(N2CCC(OCCCl)CC2)n1. The standard InChI is InChI=1S/C12H18ClN3O/c1-10-2-6-14-12(15-10)16-7-3-11(4-8-16)17-9-5-13/h2,6,11H,3-5,7-9H2,1H3. The number of hydrogen-bond acceptors (Lipinski definition) is 4. The molecule has 0 unspecified atom stereocenters. The molecule has 2 rings (SSSR count). The average molecular weight is 256 g/mol. The van der Waals surface area contributed by atoms with Gasteiger partial charge in [-0.15, -0.1) is 11.6 Å². The molecule has 1 aliphatic heterocycles. The third kappa shape index (κ3) is 3.54. The third-order valence-corrected chi connectivity index (χ3v) is 3.09. The Bertz CT molecular complexity index is 353. The summed E-state index contributed by atoms with van der Waals surface area (Å²) in [5, 5.41) is 0. The predicted octanol–water partition coefficient (Wildman–Crippen LogP) is 2.01. The summed E-state index contributed by atoms with van der Waals surface area (Å²) in [6, 6.07) is 1.92. The molecule has 0 spiro atoms. The van der Waals surface area contributed by atoms with E-state index in [9.17, 15) is 0 Å². The van der Waals surface area contributed by atoms with Crippen LogP contribution in [0.2, 0.25) is 0 Å². The lowest BCUT2D eigenvalue weighted by molar-refractivity contribution is 0.0470. The van der Waals surface area contributed by atoms with Crippen molar-refractivity contribution in [2.75, 3.05) is 30.5 Å². The molecule has 17 heavy (non-hydrogen) atoms. The molecule has 2 heterocycles. The van der Waals surface area contributed by atoms with Gasteiger partial charge in [0, 0.05) is 30.9 Å². The zero-order valence-electron chi connectivity index (χ0n) is 10.1. The van der Waals surface area contributed by atoms with Gasteiger partial charge < -0.3 is 9.64 Å². The van der Waals surface area contributed by atoms with Crippen LogP contribution in [0, 0.1) is 6.92 Å². The molecular formula is C12H18ClN3O. The van der Waals surface area contributed by atoms with Crippen molar-refractivity contribution in [2.45, 2.75) is 25.9 Å².